The van der Waals surface area contributed by atoms with Gasteiger partial charge in [-0.15, -0.1) is 4.40 Å². The van der Waals surface area contributed by atoms with Gasteiger partial charge < -0.3 is 9.64 Å². The van der Waals surface area contributed by atoms with E-state index in [9.17, 15) is 21.6 Å². The lowest BCUT2D eigenvalue weighted by molar-refractivity contribution is -0.137. The summed E-state index contributed by atoms with van der Waals surface area (Å²) < 4.78 is 71.5. The van der Waals surface area contributed by atoms with Gasteiger partial charge in [-0.3, -0.25) is 0 Å². The van der Waals surface area contributed by atoms with Crippen LogP contribution in [0.1, 0.15) is 11.1 Å². The molecule has 0 aromatic heterocycles. The highest BCUT2D eigenvalue weighted by Gasteiger charge is 2.30. The van der Waals surface area contributed by atoms with Gasteiger partial charge in [0.25, 0.3) is 10.0 Å². The maximum Gasteiger partial charge on any atom is 0.416 e. The Morgan fingerprint density at radius 1 is 1.03 bits per heavy atom. The lowest BCUT2D eigenvalue weighted by Gasteiger charge is -2.26. The third-order valence-electron chi connectivity index (χ3n) is 4.20. The smallest absolute Gasteiger partial charge is 0.416 e. The van der Waals surface area contributed by atoms with Gasteiger partial charge in [0.15, 0.2) is 5.84 Å². The number of alkyl halides is 3. The summed E-state index contributed by atoms with van der Waals surface area (Å²) in [5, 5.41) is 1.34. The van der Waals surface area contributed by atoms with E-state index in [0.717, 1.165) is 17.5 Å². The molecule has 0 atom stereocenters. The van der Waals surface area contributed by atoms with Crippen LogP contribution in [0, 0.1) is 0 Å². The molecule has 4 rings (SSSR count). The number of nitrogens with zero attached hydrogens (tertiary/aromatic N) is 2. The van der Waals surface area contributed by atoms with Crippen molar-refractivity contribution < 1.29 is 26.3 Å². The standard InChI is InChI=1S/C20H12ClF3N2O3S/c21-15-11-18(19-25-30(27,28)9-8-26(19)12-15)13-4-6-16(7-5-13)29-17-3-1-2-14(10-17)20(22,23)24/h1-12H. The fraction of sp³-hybridized carbons (Fsp3) is 0.0500. The zero-order valence-corrected chi connectivity index (χ0v) is 16.5. The fourth-order valence-corrected chi connectivity index (χ4v) is 3.86. The second-order valence-electron chi connectivity index (χ2n) is 6.35. The van der Waals surface area contributed by atoms with E-state index >= 15 is 0 Å². The molecule has 2 heterocycles. The van der Waals surface area contributed by atoms with E-state index in [4.69, 9.17) is 16.3 Å². The Bertz CT molecular complexity index is 1230. The summed E-state index contributed by atoms with van der Waals surface area (Å²) in [6.07, 6.45) is -0.0164. The number of fused-ring (bicyclic) bond motifs is 1. The molecule has 0 radical (unpaired) electrons. The molecule has 5 nitrogen and oxygen atoms in total. The summed E-state index contributed by atoms with van der Waals surface area (Å²) in [7, 11) is -3.74. The molecule has 2 aromatic carbocycles. The number of ether oxygens (including phenoxy) is 1. The van der Waals surface area contributed by atoms with Crippen LogP contribution >= 0.6 is 11.6 Å². The number of halogens is 4. The van der Waals surface area contributed by atoms with Gasteiger partial charge in [0, 0.05) is 18.0 Å². The van der Waals surface area contributed by atoms with Crippen molar-refractivity contribution in [2.24, 2.45) is 4.40 Å². The molecule has 0 N–H and O–H groups in total. The lowest BCUT2D eigenvalue weighted by atomic mass is 10.0. The SMILES string of the molecule is O=S1(=O)C=CN2C=C(Cl)C=C(c3ccc(Oc4cccc(C(F)(F)F)c4)cc3)C2=N1. The van der Waals surface area contributed by atoms with Gasteiger partial charge in [-0.05, 0) is 42.0 Å². The second kappa shape index (κ2) is 7.33. The first-order valence-electron chi connectivity index (χ1n) is 8.47. The van der Waals surface area contributed by atoms with Crippen LogP contribution in [0.15, 0.2) is 81.8 Å². The molecule has 30 heavy (non-hydrogen) atoms. The first kappa shape index (κ1) is 20.2. The van der Waals surface area contributed by atoms with E-state index in [1.54, 1.807) is 30.3 Å². The van der Waals surface area contributed by atoms with Gasteiger partial charge in [-0.2, -0.15) is 21.6 Å². The number of hydrogen-bond acceptors (Lipinski definition) is 4. The molecule has 0 fully saturated rings. The maximum atomic E-state index is 12.8. The van der Waals surface area contributed by atoms with Crippen molar-refractivity contribution in [3.63, 3.8) is 0 Å². The maximum absolute atomic E-state index is 12.8. The summed E-state index contributed by atoms with van der Waals surface area (Å²) in [5.41, 5.74) is 0.267. The average Bonchev–Trinajstić information content (AvgIpc) is 2.68. The molecule has 0 unspecified atom stereocenters. The highest BCUT2D eigenvalue weighted by atomic mass is 35.5. The number of allylic oxidation sites excluding steroid dienone is 2. The third-order valence-corrected chi connectivity index (χ3v) is 5.30. The van der Waals surface area contributed by atoms with Crippen molar-refractivity contribution in [3.8, 4) is 11.5 Å². The van der Waals surface area contributed by atoms with Crippen LogP contribution in [0.3, 0.4) is 0 Å². The molecule has 154 valence electrons. The summed E-state index contributed by atoms with van der Waals surface area (Å²) >= 11 is 6.13. The largest absolute Gasteiger partial charge is 0.457 e. The minimum Gasteiger partial charge on any atom is -0.457 e. The Balaban J connectivity index is 1.61. The summed E-state index contributed by atoms with van der Waals surface area (Å²) in [4.78, 5) is 1.49. The van der Waals surface area contributed by atoms with Crippen LogP contribution in [0.25, 0.3) is 5.57 Å². The normalized spacial score (nSPS) is 17.6. The Morgan fingerprint density at radius 3 is 2.47 bits per heavy atom. The quantitative estimate of drug-likeness (QED) is 0.618. The topological polar surface area (TPSA) is 59.0 Å². The molecule has 2 aromatic rings. The Morgan fingerprint density at radius 2 is 1.77 bits per heavy atom. The predicted octanol–water partition coefficient (Wildman–Crippen LogP) is 5.49. The van der Waals surface area contributed by atoms with Gasteiger partial charge in [0.05, 0.1) is 16.0 Å². The van der Waals surface area contributed by atoms with Crippen molar-refractivity contribution in [2.75, 3.05) is 0 Å². The van der Waals surface area contributed by atoms with Crippen LogP contribution in [0.2, 0.25) is 0 Å². The average molecular weight is 453 g/mol. The van der Waals surface area contributed by atoms with E-state index in [2.05, 4.69) is 4.40 Å². The first-order chi connectivity index (χ1) is 14.1. The van der Waals surface area contributed by atoms with E-state index in [1.807, 2.05) is 0 Å². The van der Waals surface area contributed by atoms with Gasteiger partial charge in [0.2, 0.25) is 0 Å². The Kier molecular flexibility index (Phi) is 4.95. The first-order valence-corrected chi connectivity index (χ1v) is 10.4. The molecule has 0 bridgehead atoms. The Labute approximate surface area is 175 Å². The predicted molar refractivity (Wildman–Crippen MR) is 107 cm³/mol. The lowest BCUT2D eigenvalue weighted by Crippen LogP contribution is -2.28. The molecule has 10 heteroatoms. The van der Waals surface area contributed by atoms with Gasteiger partial charge >= 0.3 is 6.18 Å². The van der Waals surface area contributed by atoms with Crippen LogP contribution in [-0.4, -0.2) is 19.2 Å². The van der Waals surface area contributed by atoms with Gasteiger partial charge in [-0.25, -0.2) is 0 Å². The Hall–Kier alpha value is -3.04. The molecule has 2 aliphatic rings. The molecule has 0 aliphatic carbocycles. The molecule has 0 spiro atoms. The van der Waals surface area contributed by atoms with Crippen LogP contribution in [0.5, 0.6) is 11.5 Å². The van der Waals surface area contributed by atoms with E-state index in [0.29, 0.717) is 21.9 Å². The summed E-state index contributed by atoms with van der Waals surface area (Å²) in [6, 6.07) is 10.9. The molecular weight excluding hydrogens is 441 g/mol. The molecule has 0 saturated heterocycles. The van der Waals surface area contributed by atoms with E-state index in [-0.39, 0.29) is 11.6 Å². The van der Waals surface area contributed by atoms with Crippen LogP contribution < -0.4 is 4.74 Å². The van der Waals surface area contributed by atoms with Gasteiger partial charge in [-0.1, -0.05) is 29.8 Å². The number of benzene rings is 2. The summed E-state index contributed by atoms with van der Waals surface area (Å²) in [6.45, 7) is 0. The summed E-state index contributed by atoms with van der Waals surface area (Å²) in [5.74, 6) is 0.541. The van der Waals surface area contributed by atoms with Crippen LogP contribution in [-0.2, 0) is 16.2 Å². The third kappa shape index (κ3) is 4.27. The minimum absolute atomic E-state index is 0.0412. The van der Waals surface area contributed by atoms with E-state index < -0.39 is 21.8 Å². The zero-order valence-electron chi connectivity index (χ0n) is 15.0. The molecular formula is C20H12ClF3N2O3S. The highest BCUT2D eigenvalue weighted by molar-refractivity contribution is 7.93. The molecule has 0 amide bonds. The van der Waals surface area contributed by atoms with Gasteiger partial charge in [0.1, 0.15) is 11.5 Å². The van der Waals surface area contributed by atoms with Crippen LogP contribution in [0.4, 0.5) is 13.2 Å². The monoisotopic (exact) mass is 452 g/mol. The number of amidine groups is 1. The van der Waals surface area contributed by atoms with Crippen molar-refractivity contribution in [2.45, 2.75) is 6.18 Å². The number of hydrogen-bond donors (Lipinski definition) is 0. The number of sulfonamides is 1. The molecule has 2 aliphatic heterocycles. The van der Waals surface area contributed by atoms with Crippen molar-refractivity contribution >= 4 is 33.0 Å². The minimum atomic E-state index is -4.47. The fourth-order valence-electron chi connectivity index (χ4n) is 2.86. The number of rotatable bonds is 3. The zero-order chi connectivity index (χ0) is 21.5. The molecule has 0 saturated carbocycles. The van der Waals surface area contributed by atoms with E-state index in [1.165, 1.54) is 29.4 Å². The highest BCUT2D eigenvalue weighted by Crippen LogP contribution is 2.34. The van der Waals surface area contributed by atoms with Crippen molar-refractivity contribution in [1.29, 1.82) is 0 Å². The van der Waals surface area contributed by atoms with Crippen molar-refractivity contribution in [1.82, 2.24) is 4.90 Å². The second-order valence-corrected chi connectivity index (χ2v) is 8.27. The van der Waals surface area contributed by atoms with Crippen molar-refractivity contribution in [3.05, 3.63) is 88.6 Å².